The van der Waals surface area contributed by atoms with Gasteiger partial charge in [0.25, 0.3) is 0 Å². The first-order valence-electron chi connectivity index (χ1n) is 6.32. The maximum Gasteiger partial charge on any atom is 0.135 e. The summed E-state index contributed by atoms with van der Waals surface area (Å²) in [5.74, 6) is 0.657. The third kappa shape index (κ3) is 4.82. The van der Waals surface area contributed by atoms with Crippen molar-refractivity contribution in [1.29, 1.82) is 0 Å². The van der Waals surface area contributed by atoms with E-state index in [0.29, 0.717) is 17.9 Å². The van der Waals surface area contributed by atoms with Crippen LogP contribution in [0.25, 0.3) is 0 Å². The Labute approximate surface area is 99.8 Å². The van der Waals surface area contributed by atoms with Crippen LogP contribution in [0.3, 0.4) is 0 Å². The average Bonchev–Trinajstić information content (AvgIpc) is 2.67. The molecule has 2 nitrogen and oxygen atoms in total. The zero-order valence-electron chi connectivity index (χ0n) is 11.0. The highest BCUT2D eigenvalue weighted by molar-refractivity contribution is 5.87. The number of rotatable bonds is 5. The molecular weight excluding hydrogens is 198 g/mol. The van der Waals surface area contributed by atoms with E-state index >= 15 is 0 Å². The van der Waals surface area contributed by atoms with Crippen LogP contribution in [-0.2, 0) is 4.84 Å². The molecule has 1 fully saturated rings. The molecule has 0 atom stereocenters. The minimum atomic E-state index is 0.291. The van der Waals surface area contributed by atoms with Crippen molar-refractivity contribution in [3.05, 3.63) is 12.7 Å². The lowest BCUT2D eigenvalue weighted by atomic mass is 9.84. The van der Waals surface area contributed by atoms with Gasteiger partial charge in [-0.15, -0.1) is 0 Å². The normalized spacial score (nSPS) is 18.8. The lowest BCUT2D eigenvalue weighted by molar-refractivity contribution is 0.170. The standard InChI is InChI=1S/C14H25NO/c1-5-10-16-15-13(11-14(2,3)4)12-8-6-7-9-12/h5,12H,1,6-11H2,2-4H3. The molecule has 0 bridgehead atoms. The van der Waals surface area contributed by atoms with Crippen molar-refractivity contribution in [2.24, 2.45) is 16.5 Å². The monoisotopic (exact) mass is 223 g/mol. The molecule has 0 aromatic rings. The van der Waals surface area contributed by atoms with Crippen LogP contribution in [0.4, 0.5) is 0 Å². The highest BCUT2D eigenvalue weighted by Crippen LogP contribution is 2.31. The second kappa shape index (κ2) is 6.07. The van der Waals surface area contributed by atoms with Gasteiger partial charge < -0.3 is 4.84 Å². The quantitative estimate of drug-likeness (QED) is 0.297. The molecule has 0 spiro atoms. The van der Waals surface area contributed by atoms with Crippen molar-refractivity contribution >= 4 is 5.71 Å². The Bertz CT molecular complexity index is 244. The molecule has 0 unspecified atom stereocenters. The van der Waals surface area contributed by atoms with Crippen LogP contribution >= 0.6 is 0 Å². The summed E-state index contributed by atoms with van der Waals surface area (Å²) >= 11 is 0. The van der Waals surface area contributed by atoms with E-state index in [-0.39, 0.29) is 0 Å². The van der Waals surface area contributed by atoms with Crippen molar-refractivity contribution in [1.82, 2.24) is 0 Å². The van der Waals surface area contributed by atoms with E-state index in [0.717, 1.165) is 6.42 Å². The molecule has 0 aliphatic heterocycles. The molecule has 1 aliphatic carbocycles. The maximum absolute atomic E-state index is 5.27. The number of nitrogens with zero attached hydrogens (tertiary/aromatic N) is 1. The largest absolute Gasteiger partial charge is 0.392 e. The van der Waals surface area contributed by atoms with E-state index in [4.69, 9.17) is 4.84 Å². The first-order valence-corrected chi connectivity index (χ1v) is 6.32. The first-order chi connectivity index (χ1) is 7.53. The Morgan fingerprint density at radius 3 is 2.50 bits per heavy atom. The van der Waals surface area contributed by atoms with Crippen LogP contribution < -0.4 is 0 Å². The molecule has 0 amide bonds. The van der Waals surface area contributed by atoms with E-state index in [2.05, 4.69) is 32.5 Å². The molecule has 0 heterocycles. The third-order valence-corrected chi connectivity index (χ3v) is 2.91. The van der Waals surface area contributed by atoms with Crippen molar-refractivity contribution < 1.29 is 4.84 Å². The van der Waals surface area contributed by atoms with Gasteiger partial charge in [0.1, 0.15) is 6.61 Å². The van der Waals surface area contributed by atoms with Crippen molar-refractivity contribution in [2.75, 3.05) is 6.61 Å². The SMILES string of the molecule is C=CCON=C(CC(C)(C)C)C1CCCC1. The molecule has 0 N–H and O–H groups in total. The molecular formula is C14H25NO. The van der Waals surface area contributed by atoms with E-state index in [1.165, 1.54) is 31.4 Å². The summed E-state index contributed by atoms with van der Waals surface area (Å²) in [4.78, 5) is 5.27. The van der Waals surface area contributed by atoms with Crippen LogP contribution in [-0.4, -0.2) is 12.3 Å². The fraction of sp³-hybridized carbons (Fsp3) is 0.786. The highest BCUT2D eigenvalue weighted by Gasteiger charge is 2.25. The summed E-state index contributed by atoms with van der Waals surface area (Å²) in [7, 11) is 0. The van der Waals surface area contributed by atoms with Gasteiger partial charge in [0.2, 0.25) is 0 Å². The van der Waals surface area contributed by atoms with Crippen LogP contribution in [0.5, 0.6) is 0 Å². The number of hydrogen-bond acceptors (Lipinski definition) is 2. The van der Waals surface area contributed by atoms with Gasteiger partial charge in [-0.25, -0.2) is 0 Å². The second-order valence-electron chi connectivity index (χ2n) is 5.89. The topological polar surface area (TPSA) is 21.6 Å². The minimum Gasteiger partial charge on any atom is -0.392 e. The van der Waals surface area contributed by atoms with E-state index in [1.807, 2.05) is 0 Å². The molecule has 92 valence electrons. The summed E-state index contributed by atoms with van der Waals surface area (Å²) in [6.07, 6.45) is 8.03. The summed E-state index contributed by atoms with van der Waals surface area (Å²) in [6, 6.07) is 0. The zero-order chi connectivity index (χ0) is 12.0. The number of hydrogen-bond donors (Lipinski definition) is 0. The van der Waals surface area contributed by atoms with Gasteiger partial charge in [-0.2, -0.15) is 0 Å². The maximum atomic E-state index is 5.27. The summed E-state index contributed by atoms with van der Waals surface area (Å²) in [5, 5.41) is 4.33. The first kappa shape index (κ1) is 13.3. The number of oxime groups is 1. The fourth-order valence-corrected chi connectivity index (χ4v) is 2.23. The van der Waals surface area contributed by atoms with Gasteiger partial charge in [-0.05, 0) is 24.7 Å². The lowest BCUT2D eigenvalue weighted by Crippen LogP contribution is -2.20. The van der Waals surface area contributed by atoms with Gasteiger partial charge in [-0.1, -0.05) is 51.4 Å². The summed E-state index contributed by atoms with van der Waals surface area (Å²) in [5.41, 5.74) is 1.55. The molecule has 0 aromatic carbocycles. The van der Waals surface area contributed by atoms with Crippen LogP contribution in [0, 0.1) is 11.3 Å². The predicted octanol–water partition coefficient (Wildman–Crippen LogP) is 4.17. The molecule has 0 saturated heterocycles. The molecule has 0 aromatic heterocycles. The Hall–Kier alpha value is -0.790. The Kier molecular flexibility index (Phi) is 5.04. The van der Waals surface area contributed by atoms with Crippen LogP contribution in [0.15, 0.2) is 17.8 Å². The van der Waals surface area contributed by atoms with Crippen molar-refractivity contribution in [3.8, 4) is 0 Å². The molecule has 1 aliphatic rings. The van der Waals surface area contributed by atoms with Crippen molar-refractivity contribution in [3.63, 3.8) is 0 Å². The van der Waals surface area contributed by atoms with Gasteiger partial charge in [0.05, 0.1) is 5.71 Å². The minimum absolute atomic E-state index is 0.291. The van der Waals surface area contributed by atoms with Gasteiger partial charge in [0.15, 0.2) is 0 Å². The van der Waals surface area contributed by atoms with Gasteiger partial charge in [-0.3, -0.25) is 0 Å². The summed E-state index contributed by atoms with van der Waals surface area (Å²) in [6.45, 7) is 10.9. The lowest BCUT2D eigenvalue weighted by Gasteiger charge is -2.22. The van der Waals surface area contributed by atoms with Gasteiger partial charge >= 0.3 is 0 Å². The molecule has 16 heavy (non-hydrogen) atoms. The second-order valence-corrected chi connectivity index (χ2v) is 5.89. The predicted molar refractivity (Wildman–Crippen MR) is 69.6 cm³/mol. The van der Waals surface area contributed by atoms with E-state index in [1.54, 1.807) is 6.08 Å². The third-order valence-electron chi connectivity index (χ3n) is 2.91. The molecule has 2 heteroatoms. The van der Waals surface area contributed by atoms with E-state index in [9.17, 15) is 0 Å². The molecule has 1 rings (SSSR count). The highest BCUT2D eigenvalue weighted by atomic mass is 16.6. The molecule has 1 saturated carbocycles. The fourth-order valence-electron chi connectivity index (χ4n) is 2.23. The Balaban J connectivity index is 2.60. The smallest absolute Gasteiger partial charge is 0.135 e. The average molecular weight is 223 g/mol. The summed E-state index contributed by atoms with van der Waals surface area (Å²) < 4.78 is 0. The van der Waals surface area contributed by atoms with Crippen molar-refractivity contribution in [2.45, 2.75) is 52.9 Å². The zero-order valence-corrected chi connectivity index (χ0v) is 11.0. The Morgan fingerprint density at radius 2 is 2.00 bits per heavy atom. The van der Waals surface area contributed by atoms with Crippen LogP contribution in [0.1, 0.15) is 52.9 Å². The Morgan fingerprint density at radius 1 is 1.38 bits per heavy atom. The van der Waals surface area contributed by atoms with Gasteiger partial charge in [0, 0.05) is 5.92 Å². The van der Waals surface area contributed by atoms with E-state index < -0.39 is 0 Å². The van der Waals surface area contributed by atoms with Crippen LogP contribution in [0.2, 0.25) is 0 Å². The molecule has 0 radical (unpaired) electrons.